The Morgan fingerprint density at radius 1 is 1.08 bits per heavy atom. The summed E-state index contributed by atoms with van der Waals surface area (Å²) in [5, 5.41) is 0. The lowest BCUT2D eigenvalue weighted by atomic mass is 9.95. The average Bonchev–Trinajstić information content (AvgIpc) is 2.02. The summed E-state index contributed by atoms with van der Waals surface area (Å²) in [6, 6.07) is 0.0162. The molecule has 0 radical (unpaired) electrons. The first-order valence-corrected chi connectivity index (χ1v) is 5.02. The lowest BCUT2D eigenvalue weighted by Crippen LogP contribution is -2.48. The zero-order valence-electron chi connectivity index (χ0n) is 9.27. The highest BCUT2D eigenvalue weighted by Gasteiger charge is 2.40. The maximum absolute atomic E-state index is 12.9. The minimum absolute atomic E-state index is 0.00778. The molecule has 0 bridgehead atoms. The van der Waals surface area contributed by atoms with Crippen molar-refractivity contribution in [1.29, 1.82) is 0 Å². The standard InChI is InChI=1S/C8H15F2N.C2H6/c1-6-4-8(9,10)5-7(2)11(6)3;1-2/h6-7H,4-5H2,1-3H3;1-2H3. The second kappa shape index (κ2) is 4.89. The molecule has 0 spiro atoms. The van der Waals surface area contributed by atoms with Gasteiger partial charge in [-0.05, 0) is 20.9 Å². The van der Waals surface area contributed by atoms with Crippen molar-refractivity contribution in [2.45, 2.75) is 58.5 Å². The van der Waals surface area contributed by atoms with E-state index in [2.05, 4.69) is 0 Å². The molecule has 0 N–H and O–H groups in total. The average molecular weight is 193 g/mol. The van der Waals surface area contributed by atoms with Gasteiger partial charge in [0.2, 0.25) is 0 Å². The van der Waals surface area contributed by atoms with Crippen molar-refractivity contribution in [1.82, 2.24) is 4.90 Å². The van der Waals surface area contributed by atoms with Gasteiger partial charge in [0, 0.05) is 24.9 Å². The first-order chi connectivity index (χ1) is 5.92. The van der Waals surface area contributed by atoms with Crippen molar-refractivity contribution >= 4 is 0 Å². The van der Waals surface area contributed by atoms with Crippen LogP contribution in [0.15, 0.2) is 0 Å². The summed E-state index contributed by atoms with van der Waals surface area (Å²) in [7, 11) is 1.91. The van der Waals surface area contributed by atoms with Gasteiger partial charge in [-0.25, -0.2) is 8.78 Å². The number of rotatable bonds is 0. The predicted octanol–water partition coefficient (Wildman–Crippen LogP) is 3.15. The molecule has 0 aromatic rings. The molecule has 0 aromatic carbocycles. The molecule has 1 aliphatic rings. The maximum atomic E-state index is 12.9. The van der Waals surface area contributed by atoms with Crippen LogP contribution in [0.25, 0.3) is 0 Å². The van der Waals surface area contributed by atoms with Crippen molar-refractivity contribution < 1.29 is 8.78 Å². The van der Waals surface area contributed by atoms with Gasteiger partial charge in [0.05, 0.1) is 0 Å². The van der Waals surface area contributed by atoms with E-state index in [1.54, 1.807) is 0 Å². The van der Waals surface area contributed by atoms with Crippen LogP contribution in [0.2, 0.25) is 0 Å². The van der Waals surface area contributed by atoms with E-state index in [4.69, 9.17) is 0 Å². The quantitative estimate of drug-likeness (QED) is 0.571. The summed E-state index contributed by atoms with van der Waals surface area (Å²) in [5.74, 6) is -2.44. The predicted molar refractivity (Wildman–Crippen MR) is 52.2 cm³/mol. The fraction of sp³-hybridized carbons (Fsp3) is 1.00. The molecule has 1 nitrogen and oxygen atoms in total. The first kappa shape index (κ1) is 12.8. The van der Waals surface area contributed by atoms with Gasteiger partial charge < -0.3 is 4.90 Å². The number of alkyl halides is 2. The molecule has 1 aliphatic heterocycles. The Labute approximate surface area is 80.1 Å². The van der Waals surface area contributed by atoms with Gasteiger partial charge >= 0.3 is 0 Å². The van der Waals surface area contributed by atoms with E-state index in [0.29, 0.717) is 0 Å². The molecule has 0 aromatic heterocycles. The lowest BCUT2D eigenvalue weighted by molar-refractivity contribution is -0.0883. The van der Waals surface area contributed by atoms with Crippen molar-refractivity contribution in [3.63, 3.8) is 0 Å². The first-order valence-electron chi connectivity index (χ1n) is 5.02. The summed E-state index contributed by atoms with van der Waals surface area (Å²) >= 11 is 0. The van der Waals surface area contributed by atoms with E-state index in [9.17, 15) is 8.78 Å². The molecule has 0 saturated carbocycles. The smallest absolute Gasteiger partial charge is 0.251 e. The van der Waals surface area contributed by atoms with Gasteiger partial charge in [0.15, 0.2) is 0 Å². The van der Waals surface area contributed by atoms with Gasteiger partial charge in [-0.15, -0.1) is 0 Å². The van der Waals surface area contributed by atoms with Crippen LogP contribution in [-0.2, 0) is 0 Å². The Morgan fingerprint density at radius 3 is 1.69 bits per heavy atom. The van der Waals surface area contributed by atoms with E-state index < -0.39 is 5.92 Å². The third kappa shape index (κ3) is 3.59. The van der Waals surface area contributed by atoms with Crippen LogP contribution >= 0.6 is 0 Å². The SMILES string of the molecule is CC.CC1CC(F)(F)CC(C)N1C. The van der Waals surface area contributed by atoms with E-state index in [1.165, 1.54) is 0 Å². The monoisotopic (exact) mass is 193 g/mol. The van der Waals surface area contributed by atoms with Gasteiger partial charge in [0.25, 0.3) is 5.92 Å². The maximum Gasteiger partial charge on any atom is 0.251 e. The van der Waals surface area contributed by atoms with Crippen LogP contribution in [0.5, 0.6) is 0 Å². The van der Waals surface area contributed by atoms with E-state index >= 15 is 0 Å². The fourth-order valence-corrected chi connectivity index (χ4v) is 1.67. The molecule has 0 amide bonds. The summed E-state index contributed by atoms with van der Waals surface area (Å²) in [6.45, 7) is 7.70. The van der Waals surface area contributed by atoms with Crippen molar-refractivity contribution in [2.75, 3.05) is 7.05 Å². The molecular weight excluding hydrogens is 172 g/mol. The van der Waals surface area contributed by atoms with E-state index in [1.807, 2.05) is 39.6 Å². The zero-order valence-corrected chi connectivity index (χ0v) is 9.27. The van der Waals surface area contributed by atoms with E-state index in [-0.39, 0.29) is 24.9 Å². The summed E-state index contributed by atoms with van der Waals surface area (Å²) in [5.41, 5.74) is 0. The topological polar surface area (TPSA) is 3.24 Å². The highest BCUT2D eigenvalue weighted by atomic mass is 19.3. The number of nitrogens with zero attached hydrogens (tertiary/aromatic N) is 1. The normalized spacial score (nSPS) is 33.5. The minimum Gasteiger partial charge on any atom is -0.301 e. The van der Waals surface area contributed by atoms with Gasteiger partial charge in [0.1, 0.15) is 0 Å². The molecule has 1 rings (SSSR count). The Bertz CT molecular complexity index is 134. The molecule has 1 heterocycles. The van der Waals surface area contributed by atoms with Crippen LogP contribution in [0.4, 0.5) is 8.78 Å². The highest BCUT2D eigenvalue weighted by Crippen LogP contribution is 2.34. The van der Waals surface area contributed by atoms with Crippen LogP contribution in [-0.4, -0.2) is 30.0 Å². The minimum atomic E-state index is -2.44. The molecule has 80 valence electrons. The van der Waals surface area contributed by atoms with Gasteiger partial charge in [-0.2, -0.15) is 0 Å². The van der Waals surface area contributed by atoms with Crippen molar-refractivity contribution in [3.8, 4) is 0 Å². The van der Waals surface area contributed by atoms with E-state index in [0.717, 1.165) is 0 Å². The third-order valence-electron chi connectivity index (χ3n) is 2.58. The molecule has 1 saturated heterocycles. The third-order valence-corrected chi connectivity index (χ3v) is 2.58. The molecule has 3 heteroatoms. The second-order valence-corrected chi connectivity index (χ2v) is 3.63. The summed E-state index contributed by atoms with van der Waals surface area (Å²) < 4.78 is 25.7. The number of hydrogen-bond acceptors (Lipinski definition) is 1. The zero-order chi connectivity index (χ0) is 10.6. The molecular formula is C10H21F2N. The number of halogens is 2. The Hall–Kier alpha value is -0.180. The Kier molecular flexibility index (Phi) is 4.82. The summed E-state index contributed by atoms with van der Waals surface area (Å²) in [6.07, 6.45) is 0.0156. The fourth-order valence-electron chi connectivity index (χ4n) is 1.67. The molecule has 1 fully saturated rings. The molecule has 0 aliphatic carbocycles. The summed E-state index contributed by atoms with van der Waals surface area (Å²) in [4.78, 5) is 2.01. The second-order valence-electron chi connectivity index (χ2n) is 3.63. The largest absolute Gasteiger partial charge is 0.301 e. The number of hydrogen-bond donors (Lipinski definition) is 0. The van der Waals surface area contributed by atoms with Crippen molar-refractivity contribution in [3.05, 3.63) is 0 Å². The number of piperidine rings is 1. The van der Waals surface area contributed by atoms with Crippen molar-refractivity contribution in [2.24, 2.45) is 0 Å². The Morgan fingerprint density at radius 2 is 1.38 bits per heavy atom. The van der Waals surface area contributed by atoms with Crippen LogP contribution < -0.4 is 0 Å². The highest BCUT2D eigenvalue weighted by molar-refractivity contribution is 4.86. The van der Waals surface area contributed by atoms with Crippen LogP contribution in [0.1, 0.15) is 40.5 Å². The van der Waals surface area contributed by atoms with Crippen LogP contribution in [0, 0.1) is 0 Å². The lowest BCUT2D eigenvalue weighted by Gasteiger charge is -2.39. The Balaban J connectivity index is 0.000000671. The molecule has 2 unspecified atom stereocenters. The van der Waals surface area contributed by atoms with Gasteiger partial charge in [-0.3, -0.25) is 0 Å². The number of likely N-dealkylation sites (tertiary alicyclic amines) is 1. The van der Waals surface area contributed by atoms with Gasteiger partial charge in [-0.1, -0.05) is 13.8 Å². The molecule has 2 atom stereocenters. The van der Waals surface area contributed by atoms with Crippen LogP contribution in [0.3, 0.4) is 0 Å². The molecule has 13 heavy (non-hydrogen) atoms.